The van der Waals surface area contributed by atoms with Crippen molar-refractivity contribution in [1.29, 1.82) is 0 Å². The molecule has 1 unspecified atom stereocenters. The van der Waals surface area contributed by atoms with E-state index in [0.717, 1.165) is 23.1 Å². The third-order valence-electron chi connectivity index (χ3n) is 3.85. The molecule has 0 fully saturated rings. The van der Waals surface area contributed by atoms with Crippen molar-refractivity contribution in [3.63, 3.8) is 0 Å². The first-order chi connectivity index (χ1) is 10.3. The van der Waals surface area contributed by atoms with Gasteiger partial charge in [-0.05, 0) is 55.5 Å². The molecule has 0 saturated carbocycles. The highest BCUT2D eigenvalue weighted by Gasteiger charge is 2.20. The molecule has 0 aliphatic carbocycles. The number of aryl methyl sites for hydroxylation is 3. The average molecular weight is 317 g/mol. The first-order valence-corrected chi connectivity index (χ1v) is 9.00. The summed E-state index contributed by atoms with van der Waals surface area (Å²) in [5, 5.41) is 0. The normalized spacial score (nSPS) is 13.1. The molecule has 2 aromatic carbocycles. The molecule has 0 aromatic heterocycles. The van der Waals surface area contributed by atoms with Gasteiger partial charge in [0.1, 0.15) is 0 Å². The number of hydrogen-bond acceptors (Lipinski definition) is 2. The van der Waals surface area contributed by atoms with E-state index in [1.807, 2.05) is 57.2 Å². The van der Waals surface area contributed by atoms with Gasteiger partial charge in [0.2, 0.25) is 10.0 Å². The molecule has 0 amide bonds. The lowest BCUT2D eigenvalue weighted by Gasteiger charge is -2.16. The molecule has 22 heavy (non-hydrogen) atoms. The number of hydrogen-bond donors (Lipinski definition) is 1. The van der Waals surface area contributed by atoms with Crippen molar-refractivity contribution in [2.75, 3.05) is 0 Å². The van der Waals surface area contributed by atoms with Crippen LogP contribution in [-0.4, -0.2) is 8.42 Å². The lowest BCUT2D eigenvalue weighted by atomic mass is 10.1. The summed E-state index contributed by atoms with van der Waals surface area (Å²) in [5.74, 6) is 0. The van der Waals surface area contributed by atoms with Crippen LogP contribution in [-0.2, 0) is 16.4 Å². The number of sulfonamides is 1. The van der Waals surface area contributed by atoms with E-state index in [1.165, 1.54) is 5.56 Å². The molecule has 1 atom stereocenters. The summed E-state index contributed by atoms with van der Waals surface area (Å²) in [6, 6.07) is 13.2. The maximum absolute atomic E-state index is 12.6. The minimum absolute atomic E-state index is 0.268. The monoisotopic (exact) mass is 317 g/mol. The van der Waals surface area contributed by atoms with E-state index in [9.17, 15) is 8.42 Å². The van der Waals surface area contributed by atoms with E-state index in [1.54, 1.807) is 6.07 Å². The van der Waals surface area contributed by atoms with Crippen molar-refractivity contribution < 1.29 is 8.42 Å². The molecule has 2 aromatic rings. The van der Waals surface area contributed by atoms with E-state index in [4.69, 9.17) is 0 Å². The van der Waals surface area contributed by atoms with Gasteiger partial charge in [-0.1, -0.05) is 43.3 Å². The fourth-order valence-electron chi connectivity index (χ4n) is 2.40. The second kappa shape index (κ2) is 6.63. The number of rotatable bonds is 5. The predicted molar refractivity (Wildman–Crippen MR) is 90.5 cm³/mol. The van der Waals surface area contributed by atoms with E-state index in [2.05, 4.69) is 11.6 Å². The quantitative estimate of drug-likeness (QED) is 0.909. The second-order valence-electron chi connectivity index (χ2n) is 5.71. The maximum atomic E-state index is 12.6. The van der Waals surface area contributed by atoms with Crippen LogP contribution in [0.1, 0.15) is 42.1 Å². The summed E-state index contributed by atoms with van der Waals surface area (Å²) in [6.07, 6.45) is 0.975. The van der Waals surface area contributed by atoms with Crippen LogP contribution in [0.4, 0.5) is 0 Å². The number of benzene rings is 2. The van der Waals surface area contributed by atoms with Crippen LogP contribution in [0.3, 0.4) is 0 Å². The highest BCUT2D eigenvalue weighted by Crippen LogP contribution is 2.21. The Morgan fingerprint density at radius 2 is 1.68 bits per heavy atom. The molecule has 0 saturated heterocycles. The third-order valence-corrected chi connectivity index (χ3v) is 5.54. The lowest BCUT2D eigenvalue weighted by molar-refractivity contribution is 0.566. The zero-order valence-electron chi connectivity index (χ0n) is 13.6. The average Bonchev–Trinajstić information content (AvgIpc) is 2.49. The third kappa shape index (κ3) is 3.76. The Balaban J connectivity index is 2.25. The van der Waals surface area contributed by atoms with Gasteiger partial charge in [0, 0.05) is 6.04 Å². The van der Waals surface area contributed by atoms with Gasteiger partial charge in [0.05, 0.1) is 4.90 Å². The summed E-state index contributed by atoms with van der Waals surface area (Å²) in [7, 11) is -3.53. The summed E-state index contributed by atoms with van der Waals surface area (Å²) >= 11 is 0. The fraction of sp³-hybridized carbons (Fsp3) is 0.333. The molecule has 0 aliphatic heterocycles. The molecule has 118 valence electrons. The van der Waals surface area contributed by atoms with Gasteiger partial charge in [-0.3, -0.25) is 0 Å². The van der Waals surface area contributed by atoms with Crippen LogP contribution in [0, 0.1) is 13.8 Å². The van der Waals surface area contributed by atoms with Gasteiger partial charge in [0.15, 0.2) is 0 Å². The molecule has 0 heterocycles. The van der Waals surface area contributed by atoms with Crippen LogP contribution in [0.5, 0.6) is 0 Å². The Morgan fingerprint density at radius 3 is 2.27 bits per heavy atom. The molecule has 2 rings (SSSR count). The van der Waals surface area contributed by atoms with Crippen molar-refractivity contribution in [1.82, 2.24) is 4.72 Å². The summed E-state index contributed by atoms with van der Waals surface area (Å²) in [5.41, 5.74) is 3.90. The van der Waals surface area contributed by atoms with Crippen LogP contribution in [0.25, 0.3) is 0 Å². The highest BCUT2D eigenvalue weighted by atomic mass is 32.2. The van der Waals surface area contributed by atoms with Crippen LogP contribution in [0.2, 0.25) is 0 Å². The van der Waals surface area contributed by atoms with Crippen molar-refractivity contribution in [2.24, 2.45) is 0 Å². The van der Waals surface area contributed by atoms with Crippen molar-refractivity contribution >= 4 is 10.0 Å². The van der Waals surface area contributed by atoms with Crippen molar-refractivity contribution in [2.45, 2.75) is 45.1 Å². The topological polar surface area (TPSA) is 46.2 Å². The largest absolute Gasteiger partial charge is 0.241 e. The Labute approximate surface area is 133 Å². The summed E-state index contributed by atoms with van der Waals surface area (Å²) < 4.78 is 28.0. The zero-order valence-corrected chi connectivity index (χ0v) is 14.4. The lowest BCUT2D eigenvalue weighted by Crippen LogP contribution is -2.27. The summed E-state index contributed by atoms with van der Waals surface area (Å²) in [4.78, 5) is 0.351. The van der Waals surface area contributed by atoms with Crippen molar-refractivity contribution in [3.05, 3.63) is 64.7 Å². The van der Waals surface area contributed by atoms with Crippen LogP contribution >= 0.6 is 0 Å². The Hall–Kier alpha value is -1.65. The van der Waals surface area contributed by atoms with Crippen LogP contribution < -0.4 is 4.72 Å². The zero-order chi connectivity index (χ0) is 16.3. The molecule has 3 nitrogen and oxygen atoms in total. The van der Waals surface area contributed by atoms with Gasteiger partial charge >= 0.3 is 0 Å². The van der Waals surface area contributed by atoms with E-state index in [-0.39, 0.29) is 6.04 Å². The van der Waals surface area contributed by atoms with E-state index < -0.39 is 10.0 Å². The first-order valence-electron chi connectivity index (χ1n) is 7.52. The first kappa shape index (κ1) is 16.7. The molecule has 1 N–H and O–H groups in total. The molecule has 0 aliphatic rings. The minimum atomic E-state index is -3.53. The highest BCUT2D eigenvalue weighted by molar-refractivity contribution is 7.89. The maximum Gasteiger partial charge on any atom is 0.241 e. The molecule has 0 radical (unpaired) electrons. The van der Waals surface area contributed by atoms with Crippen molar-refractivity contribution in [3.8, 4) is 0 Å². The minimum Gasteiger partial charge on any atom is -0.207 e. The molecule has 0 bridgehead atoms. The standard InChI is InChI=1S/C18H23NO2S/c1-5-16-8-10-17(11-9-16)15(4)19-22(20,21)18-12-13(2)6-7-14(18)3/h6-12,15,19H,5H2,1-4H3. The fourth-order valence-corrected chi connectivity index (χ4v) is 3.96. The molecular weight excluding hydrogens is 294 g/mol. The predicted octanol–water partition coefficient (Wildman–Crippen LogP) is 3.91. The smallest absolute Gasteiger partial charge is 0.207 e. The van der Waals surface area contributed by atoms with Gasteiger partial charge in [-0.15, -0.1) is 0 Å². The Kier molecular flexibility index (Phi) is 5.04. The Morgan fingerprint density at radius 1 is 1.05 bits per heavy atom. The number of nitrogens with one attached hydrogen (secondary N) is 1. The summed E-state index contributed by atoms with van der Waals surface area (Å²) in [6.45, 7) is 7.67. The second-order valence-corrected chi connectivity index (χ2v) is 7.39. The SMILES string of the molecule is CCc1ccc(C(C)NS(=O)(=O)c2cc(C)ccc2C)cc1. The van der Waals surface area contributed by atoms with Gasteiger partial charge in [-0.2, -0.15) is 0 Å². The van der Waals surface area contributed by atoms with Gasteiger partial charge in [-0.25, -0.2) is 13.1 Å². The van der Waals surface area contributed by atoms with Crippen LogP contribution in [0.15, 0.2) is 47.4 Å². The molecular formula is C18H23NO2S. The Bertz CT molecular complexity index is 749. The van der Waals surface area contributed by atoms with E-state index >= 15 is 0 Å². The molecule has 4 heteroatoms. The van der Waals surface area contributed by atoms with E-state index in [0.29, 0.717) is 4.90 Å². The molecule has 0 spiro atoms. The van der Waals surface area contributed by atoms with Gasteiger partial charge in [0.25, 0.3) is 0 Å². The van der Waals surface area contributed by atoms with Gasteiger partial charge < -0.3 is 0 Å².